The second-order valence-electron chi connectivity index (χ2n) is 2.99. The number of rotatable bonds is 4. The molecule has 4 N–H and O–H groups in total. The Hall–Kier alpha value is -1.06. The van der Waals surface area contributed by atoms with Crippen LogP contribution >= 0.6 is 0 Å². The summed E-state index contributed by atoms with van der Waals surface area (Å²) in [5.74, 6) is 0. The topological polar surface area (TPSA) is 58.3 Å². The first kappa shape index (κ1) is 10.0. The zero-order valence-electron chi connectivity index (χ0n) is 7.83. The first-order valence-corrected chi connectivity index (χ1v) is 4.48. The third-order valence-electron chi connectivity index (χ3n) is 1.91. The number of hydrogen-bond acceptors (Lipinski definition) is 3. The van der Waals surface area contributed by atoms with Crippen LogP contribution in [0.5, 0.6) is 0 Å². The number of hydrogen-bond donors (Lipinski definition) is 3. The van der Waals surface area contributed by atoms with Crippen molar-refractivity contribution in [2.24, 2.45) is 0 Å². The summed E-state index contributed by atoms with van der Waals surface area (Å²) in [6, 6.07) is 7.28. The Kier molecular flexibility index (Phi) is 3.73. The summed E-state index contributed by atoms with van der Waals surface area (Å²) in [6.45, 7) is 3.46. The summed E-state index contributed by atoms with van der Waals surface area (Å²) < 4.78 is 0. The van der Waals surface area contributed by atoms with Crippen LogP contribution in [0.4, 0.5) is 5.69 Å². The minimum atomic E-state index is -0.444. The van der Waals surface area contributed by atoms with E-state index >= 15 is 0 Å². The second kappa shape index (κ2) is 4.84. The molecule has 1 aromatic carbocycles. The Morgan fingerprint density at radius 1 is 1.38 bits per heavy atom. The van der Waals surface area contributed by atoms with Crippen molar-refractivity contribution < 1.29 is 5.11 Å². The molecule has 13 heavy (non-hydrogen) atoms. The van der Waals surface area contributed by atoms with E-state index in [0.717, 1.165) is 17.8 Å². The number of nitrogens with one attached hydrogen (secondary N) is 1. The van der Waals surface area contributed by atoms with E-state index in [4.69, 9.17) is 5.73 Å². The van der Waals surface area contributed by atoms with E-state index in [1.165, 1.54) is 0 Å². The van der Waals surface area contributed by atoms with Gasteiger partial charge in [0.2, 0.25) is 0 Å². The molecule has 1 rings (SSSR count). The Labute approximate surface area is 78.6 Å². The van der Waals surface area contributed by atoms with Crippen LogP contribution in [0.3, 0.4) is 0 Å². The van der Waals surface area contributed by atoms with Gasteiger partial charge in [0, 0.05) is 12.2 Å². The summed E-state index contributed by atoms with van der Waals surface area (Å²) in [6.07, 6.45) is -0.444. The normalized spacial score (nSPS) is 12.8. The molecule has 0 saturated carbocycles. The molecule has 0 aliphatic rings. The lowest BCUT2D eigenvalue weighted by Crippen LogP contribution is -2.20. The molecule has 3 heteroatoms. The maximum Gasteiger partial charge on any atom is 0.0914 e. The van der Waals surface area contributed by atoms with Crippen molar-refractivity contribution in [2.75, 3.05) is 18.8 Å². The maximum atomic E-state index is 9.64. The van der Waals surface area contributed by atoms with Crippen LogP contribution in [-0.4, -0.2) is 18.2 Å². The van der Waals surface area contributed by atoms with Crippen molar-refractivity contribution in [1.29, 1.82) is 0 Å². The van der Waals surface area contributed by atoms with Gasteiger partial charge in [0.15, 0.2) is 0 Å². The van der Waals surface area contributed by atoms with Gasteiger partial charge in [-0.1, -0.05) is 19.1 Å². The summed E-state index contributed by atoms with van der Waals surface area (Å²) in [5.41, 5.74) is 7.15. The molecule has 0 fully saturated rings. The first-order chi connectivity index (χ1) is 6.24. The van der Waals surface area contributed by atoms with Gasteiger partial charge in [0.25, 0.3) is 0 Å². The van der Waals surface area contributed by atoms with Gasteiger partial charge in [-0.25, -0.2) is 0 Å². The fraction of sp³-hybridized carbons (Fsp3) is 0.400. The summed E-state index contributed by atoms with van der Waals surface area (Å²) in [4.78, 5) is 0. The molecule has 0 aromatic heterocycles. The van der Waals surface area contributed by atoms with Gasteiger partial charge in [0.05, 0.1) is 6.10 Å². The zero-order chi connectivity index (χ0) is 9.68. The molecule has 1 aromatic rings. The van der Waals surface area contributed by atoms with Gasteiger partial charge in [-0.3, -0.25) is 0 Å². The molecule has 0 aliphatic heterocycles. The van der Waals surface area contributed by atoms with Gasteiger partial charge in [0.1, 0.15) is 0 Å². The highest BCUT2D eigenvalue weighted by Crippen LogP contribution is 2.13. The van der Waals surface area contributed by atoms with Gasteiger partial charge in [-0.2, -0.15) is 0 Å². The highest BCUT2D eigenvalue weighted by molar-refractivity contribution is 5.39. The summed E-state index contributed by atoms with van der Waals surface area (Å²) >= 11 is 0. The van der Waals surface area contributed by atoms with Crippen LogP contribution in [0.15, 0.2) is 24.3 Å². The number of anilines is 1. The molecule has 0 heterocycles. The standard InChI is InChI=1S/C10H16N2O/c1-2-12-7-10(13)8-3-5-9(11)6-4-8/h3-6,10,12-13H,2,7,11H2,1H3. The third kappa shape index (κ3) is 3.05. The minimum absolute atomic E-state index is 0.444. The summed E-state index contributed by atoms with van der Waals surface area (Å²) in [5, 5.41) is 12.7. The molecule has 72 valence electrons. The Morgan fingerprint density at radius 2 is 2.00 bits per heavy atom. The van der Waals surface area contributed by atoms with Crippen molar-refractivity contribution in [2.45, 2.75) is 13.0 Å². The number of aliphatic hydroxyl groups is 1. The highest BCUT2D eigenvalue weighted by Gasteiger charge is 2.04. The lowest BCUT2D eigenvalue weighted by Gasteiger charge is -2.11. The maximum absolute atomic E-state index is 9.64. The van der Waals surface area contributed by atoms with Crippen LogP contribution in [0.25, 0.3) is 0 Å². The molecule has 3 nitrogen and oxygen atoms in total. The van der Waals surface area contributed by atoms with E-state index in [1.807, 2.05) is 19.1 Å². The van der Waals surface area contributed by atoms with E-state index in [9.17, 15) is 5.11 Å². The fourth-order valence-electron chi connectivity index (χ4n) is 1.12. The third-order valence-corrected chi connectivity index (χ3v) is 1.91. The largest absolute Gasteiger partial charge is 0.399 e. The van der Waals surface area contributed by atoms with Crippen molar-refractivity contribution in [3.8, 4) is 0 Å². The van der Waals surface area contributed by atoms with Gasteiger partial charge in [-0.15, -0.1) is 0 Å². The SMILES string of the molecule is CCNCC(O)c1ccc(N)cc1. The van der Waals surface area contributed by atoms with Crippen LogP contribution in [0, 0.1) is 0 Å². The van der Waals surface area contributed by atoms with Crippen LogP contribution in [-0.2, 0) is 0 Å². The van der Waals surface area contributed by atoms with Crippen LogP contribution < -0.4 is 11.1 Å². The van der Waals surface area contributed by atoms with Gasteiger partial charge in [-0.05, 0) is 24.2 Å². The molecular weight excluding hydrogens is 164 g/mol. The Balaban J connectivity index is 2.55. The van der Waals surface area contributed by atoms with Crippen molar-refractivity contribution >= 4 is 5.69 Å². The van der Waals surface area contributed by atoms with E-state index in [0.29, 0.717) is 6.54 Å². The van der Waals surface area contributed by atoms with E-state index < -0.39 is 6.10 Å². The van der Waals surface area contributed by atoms with Crippen LogP contribution in [0.2, 0.25) is 0 Å². The van der Waals surface area contributed by atoms with Crippen LogP contribution in [0.1, 0.15) is 18.6 Å². The van der Waals surface area contributed by atoms with Crippen molar-refractivity contribution in [1.82, 2.24) is 5.32 Å². The molecule has 1 unspecified atom stereocenters. The highest BCUT2D eigenvalue weighted by atomic mass is 16.3. The number of likely N-dealkylation sites (N-methyl/N-ethyl adjacent to an activating group) is 1. The van der Waals surface area contributed by atoms with Gasteiger partial charge < -0.3 is 16.2 Å². The average molecular weight is 180 g/mol. The minimum Gasteiger partial charge on any atom is -0.399 e. The monoisotopic (exact) mass is 180 g/mol. The molecular formula is C10H16N2O. The molecule has 0 amide bonds. The number of nitrogens with two attached hydrogens (primary N) is 1. The number of nitrogen functional groups attached to an aromatic ring is 1. The second-order valence-corrected chi connectivity index (χ2v) is 2.99. The van der Waals surface area contributed by atoms with Crippen molar-refractivity contribution in [3.63, 3.8) is 0 Å². The number of aliphatic hydroxyl groups excluding tert-OH is 1. The molecule has 0 radical (unpaired) electrons. The fourth-order valence-corrected chi connectivity index (χ4v) is 1.12. The Bertz CT molecular complexity index is 246. The quantitative estimate of drug-likeness (QED) is 0.604. The summed E-state index contributed by atoms with van der Waals surface area (Å²) in [7, 11) is 0. The lowest BCUT2D eigenvalue weighted by atomic mass is 10.1. The molecule has 1 atom stereocenters. The van der Waals surface area contributed by atoms with Crippen molar-refractivity contribution in [3.05, 3.63) is 29.8 Å². The number of benzene rings is 1. The molecule has 0 saturated heterocycles. The predicted octanol–water partition coefficient (Wildman–Crippen LogP) is 0.912. The van der Waals surface area contributed by atoms with E-state index in [2.05, 4.69) is 5.32 Å². The smallest absolute Gasteiger partial charge is 0.0914 e. The molecule has 0 spiro atoms. The molecule has 0 bridgehead atoms. The van der Waals surface area contributed by atoms with E-state index in [-0.39, 0.29) is 0 Å². The molecule has 0 aliphatic carbocycles. The van der Waals surface area contributed by atoms with Gasteiger partial charge >= 0.3 is 0 Å². The lowest BCUT2D eigenvalue weighted by molar-refractivity contribution is 0.175. The first-order valence-electron chi connectivity index (χ1n) is 4.48. The Morgan fingerprint density at radius 3 is 2.54 bits per heavy atom. The van der Waals surface area contributed by atoms with E-state index in [1.54, 1.807) is 12.1 Å². The predicted molar refractivity (Wildman–Crippen MR) is 54.4 cm³/mol. The zero-order valence-corrected chi connectivity index (χ0v) is 7.83. The average Bonchev–Trinajstić information content (AvgIpc) is 2.15.